The predicted molar refractivity (Wildman–Crippen MR) is 144 cm³/mol. The van der Waals surface area contributed by atoms with Crippen LogP contribution in [0.4, 0.5) is 0 Å². The van der Waals surface area contributed by atoms with Crippen molar-refractivity contribution in [3.05, 3.63) is 48.0 Å². The van der Waals surface area contributed by atoms with E-state index in [-0.39, 0.29) is 23.7 Å². The van der Waals surface area contributed by atoms with Gasteiger partial charge in [0, 0.05) is 32.0 Å². The van der Waals surface area contributed by atoms with Crippen LogP contribution in [0.3, 0.4) is 0 Å². The van der Waals surface area contributed by atoms with Crippen LogP contribution < -0.4 is 18.9 Å². The second-order valence-corrected chi connectivity index (χ2v) is 10.1. The molecule has 4 rings (SSSR count). The number of aliphatic hydroxyl groups excluding tert-OH is 1. The lowest BCUT2D eigenvalue weighted by molar-refractivity contribution is -0.142. The van der Waals surface area contributed by atoms with Crippen molar-refractivity contribution in [2.45, 2.75) is 44.4 Å². The fourth-order valence-corrected chi connectivity index (χ4v) is 5.21. The molecule has 2 fully saturated rings. The molecule has 1 amide bonds. The Morgan fingerprint density at radius 3 is 2.21 bits per heavy atom. The highest BCUT2D eigenvalue weighted by molar-refractivity contribution is 7.80. The Balaban J connectivity index is 1.33. The number of nitrogens with zero attached hydrogens (tertiary/aromatic N) is 2. The molecule has 1 saturated carbocycles. The van der Waals surface area contributed by atoms with Crippen LogP contribution in [0.15, 0.2) is 42.5 Å². The number of rotatable bonds is 9. The zero-order valence-corrected chi connectivity index (χ0v) is 22.9. The molecule has 1 aliphatic heterocycles. The quantitative estimate of drug-likeness (QED) is 0.221. The molecule has 2 aromatic carbocycles. The Morgan fingerprint density at radius 2 is 1.63 bits per heavy atom. The highest BCUT2D eigenvalue weighted by Crippen LogP contribution is 2.34. The van der Waals surface area contributed by atoms with Gasteiger partial charge in [-0.15, -0.1) is 0 Å². The first-order chi connectivity index (χ1) is 18.2. The Bertz CT molecular complexity index is 1160. The molecule has 2 atom stereocenters. The van der Waals surface area contributed by atoms with Gasteiger partial charge in [-0.3, -0.25) is 14.5 Å². The second-order valence-electron chi connectivity index (χ2n) is 9.70. The lowest BCUT2D eigenvalue weighted by Crippen LogP contribution is -2.33. The highest BCUT2D eigenvalue weighted by atomic mass is 32.1. The Labute approximate surface area is 228 Å². The van der Waals surface area contributed by atoms with Gasteiger partial charge in [-0.2, -0.15) is 0 Å². The van der Waals surface area contributed by atoms with Gasteiger partial charge < -0.3 is 29.0 Å². The number of thiocarbonyl (C=S) groups is 1. The number of amides is 1. The van der Waals surface area contributed by atoms with E-state index < -0.39 is 12.3 Å². The van der Waals surface area contributed by atoms with Crippen LogP contribution in [0.25, 0.3) is 0 Å². The third-order valence-electron chi connectivity index (χ3n) is 7.38. The van der Waals surface area contributed by atoms with Gasteiger partial charge in [-0.05, 0) is 80.4 Å². The molecule has 0 bridgehead atoms. The van der Waals surface area contributed by atoms with Crippen molar-refractivity contribution in [2.75, 3.05) is 28.3 Å². The minimum absolute atomic E-state index is 0.0705. The lowest BCUT2D eigenvalue weighted by atomic mass is 9.81. The number of carbonyl (C=O) groups excluding carboxylic acids is 2. The topological polar surface area (TPSA) is 97.8 Å². The Hall–Kier alpha value is -3.37. The molecule has 0 spiro atoms. The van der Waals surface area contributed by atoms with Crippen LogP contribution in [-0.2, 0) is 16.0 Å². The van der Waals surface area contributed by atoms with Crippen molar-refractivity contribution in [2.24, 2.45) is 11.8 Å². The maximum absolute atomic E-state index is 13.0. The normalized spacial score (nSPS) is 22.3. The van der Waals surface area contributed by atoms with Crippen molar-refractivity contribution in [3.63, 3.8) is 0 Å². The van der Waals surface area contributed by atoms with Crippen molar-refractivity contribution in [3.8, 4) is 23.0 Å². The van der Waals surface area contributed by atoms with E-state index in [0.717, 1.165) is 5.56 Å². The minimum Gasteiger partial charge on any atom is -0.497 e. The lowest BCUT2D eigenvalue weighted by Gasteiger charge is -2.30. The summed E-state index contributed by atoms with van der Waals surface area (Å²) in [7, 11) is 6.61. The summed E-state index contributed by atoms with van der Waals surface area (Å²) in [4.78, 5) is 28.8. The van der Waals surface area contributed by atoms with Gasteiger partial charge in [0.2, 0.25) is 0 Å². The summed E-state index contributed by atoms with van der Waals surface area (Å²) in [5.74, 6) is 1.56. The minimum atomic E-state index is -0.951. The average molecular weight is 543 g/mol. The molecule has 0 aromatic heterocycles. The highest BCUT2D eigenvalue weighted by Gasteiger charge is 2.38. The molecule has 2 unspecified atom stereocenters. The molecular formula is C28H34N2O7S. The van der Waals surface area contributed by atoms with Crippen LogP contribution >= 0.6 is 12.2 Å². The second kappa shape index (κ2) is 12.0. The van der Waals surface area contributed by atoms with Gasteiger partial charge in [0.15, 0.2) is 11.4 Å². The third-order valence-corrected chi connectivity index (χ3v) is 7.94. The number of ether oxygens (including phenoxy) is 4. The molecule has 1 N–H and O–H groups in total. The number of methoxy groups -OCH3 is 2. The maximum atomic E-state index is 13.0. The molecule has 0 radical (unpaired) electrons. The van der Waals surface area contributed by atoms with Crippen molar-refractivity contribution < 1.29 is 33.6 Å². The molecule has 1 heterocycles. The average Bonchev–Trinajstić information content (AvgIpc) is 3.11. The smallest absolute Gasteiger partial charge is 0.314 e. The zero-order valence-electron chi connectivity index (χ0n) is 22.1. The number of likely N-dealkylation sites (N-methyl/N-ethyl adjacent to an activating group) is 2. The number of aliphatic hydroxyl groups is 1. The van der Waals surface area contributed by atoms with Gasteiger partial charge in [-0.1, -0.05) is 0 Å². The SMILES string of the molecule is COc1ccc(OC(O)C2CCC(C(=O)Oc3ccc(OC)c(CC4C(=O)N(C)C(=S)N4C)c3)CC2)cc1. The number of carbonyl (C=O) groups is 2. The number of hydrogen-bond acceptors (Lipinski definition) is 8. The van der Waals surface area contributed by atoms with Gasteiger partial charge in [-0.25, -0.2) is 0 Å². The van der Waals surface area contributed by atoms with E-state index in [1.807, 2.05) is 0 Å². The molecule has 38 heavy (non-hydrogen) atoms. The largest absolute Gasteiger partial charge is 0.497 e. The van der Waals surface area contributed by atoms with Crippen molar-refractivity contribution in [1.82, 2.24) is 9.80 Å². The molecule has 1 aliphatic carbocycles. The van der Waals surface area contributed by atoms with Gasteiger partial charge >= 0.3 is 5.97 Å². The zero-order chi connectivity index (χ0) is 27.4. The van der Waals surface area contributed by atoms with Crippen LogP contribution in [0.2, 0.25) is 0 Å². The van der Waals surface area contributed by atoms with E-state index >= 15 is 0 Å². The standard InChI is InChI=1S/C28H34N2O7S/c1-29-23(25(31)30(2)28(29)38)16-19-15-22(13-14-24(19)35-4)37-27(33)18-7-5-17(6-8-18)26(32)36-21-11-9-20(34-3)10-12-21/h9-15,17-18,23,26,32H,5-8,16H2,1-4H3. The third kappa shape index (κ3) is 6.02. The maximum Gasteiger partial charge on any atom is 0.314 e. The van der Waals surface area contributed by atoms with Gasteiger partial charge in [0.1, 0.15) is 29.0 Å². The van der Waals surface area contributed by atoms with Gasteiger partial charge in [0.05, 0.1) is 20.1 Å². The van der Waals surface area contributed by atoms with Crippen molar-refractivity contribution in [1.29, 1.82) is 0 Å². The molecular weight excluding hydrogens is 508 g/mol. The van der Waals surface area contributed by atoms with E-state index in [1.165, 1.54) is 4.90 Å². The van der Waals surface area contributed by atoms with E-state index in [0.29, 0.717) is 60.2 Å². The fraction of sp³-hybridized carbons (Fsp3) is 0.464. The first kappa shape index (κ1) is 27.7. The first-order valence-electron chi connectivity index (χ1n) is 12.6. The molecule has 1 saturated heterocycles. The predicted octanol–water partition coefficient (Wildman–Crippen LogP) is 3.41. The fourth-order valence-electron chi connectivity index (χ4n) is 4.99. The van der Waals surface area contributed by atoms with Crippen LogP contribution in [-0.4, -0.2) is 72.5 Å². The summed E-state index contributed by atoms with van der Waals surface area (Å²) < 4.78 is 22.1. The molecule has 204 valence electrons. The number of hydrogen-bond donors (Lipinski definition) is 1. The Kier molecular flexibility index (Phi) is 8.73. The number of benzene rings is 2. The van der Waals surface area contributed by atoms with Crippen LogP contribution in [0.5, 0.6) is 23.0 Å². The van der Waals surface area contributed by atoms with Gasteiger partial charge in [0.25, 0.3) is 5.91 Å². The van der Waals surface area contributed by atoms with E-state index in [4.69, 9.17) is 31.2 Å². The molecule has 10 heteroatoms. The first-order valence-corrected chi connectivity index (χ1v) is 13.0. The van der Waals surface area contributed by atoms with E-state index in [1.54, 1.807) is 75.7 Å². The summed E-state index contributed by atoms with van der Waals surface area (Å²) in [6.45, 7) is 0. The van der Waals surface area contributed by atoms with Crippen LogP contribution in [0.1, 0.15) is 31.2 Å². The summed E-state index contributed by atoms with van der Waals surface area (Å²) in [6, 6.07) is 11.8. The summed E-state index contributed by atoms with van der Waals surface area (Å²) in [5, 5.41) is 11.0. The van der Waals surface area contributed by atoms with E-state index in [2.05, 4.69) is 0 Å². The molecule has 9 nitrogen and oxygen atoms in total. The summed E-state index contributed by atoms with van der Waals surface area (Å²) in [6.07, 6.45) is 1.91. The van der Waals surface area contributed by atoms with Crippen molar-refractivity contribution >= 4 is 29.2 Å². The summed E-state index contributed by atoms with van der Waals surface area (Å²) in [5.41, 5.74) is 0.753. The van der Waals surface area contributed by atoms with Crippen LogP contribution in [0, 0.1) is 11.8 Å². The molecule has 2 aliphatic rings. The van der Waals surface area contributed by atoms with E-state index in [9.17, 15) is 14.7 Å². The Morgan fingerprint density at radius 1 is 1.00 bits per heavy atom. The number of esters is 1. The summed E-state index contributed by atoms with van der Waals surface area (Å²) >= 11 is 5.32. The monoisotopic (exact) mass is 542 g/mol. The molecule has 2 aromatic rings.